The Labute approximate surface area is 261 Å². The van der Waals surface area contributed by atoms with Crippen LogP contribution in [0.3, 0.4) is 0 Å². The van der Waals surface area contributed by atoms with Gasteiger partial charge >= 0.3 is 12.1 Å². The maximum atomic E-state index is 13.5. The van der Waals surface area contributed by atoms with Crippen molar-refractivity contribution in [1.29, 1.82) is 0 Å². The van der Waals surface area contributed by atoms with Crippen LogP contribution >= 0.6 is 0 Å². The number of nitrogens with one attached hydrogen (secondary N) is 1. The number of piperazine rings is 1. The van der Waals surface area contributed by atoms with Gasteiger partial charge in [0.25, 0.3) is 11.8 Å². The van der Waals surface area contributed by atoms with Crippen LogP contribution in [0.25, 0.3) is 10.9 Å². The summed E-state index contributed by atoms with van der Waals surface area (Å²) in [6, 6.07) is 7.28. The number of carbonyl (C=O) groups is 5. The van der Waals surface area contributed by atoms with Gasteiger partial charge in [0.2, 0.25) is 5.91 Å². The molecule has 45 heavy (non-hydrogen) atoms. The summed E-state index contributed by atoms with van der Waals surface area (Å²) in [6.45, 7) is 3.67. The van der Waals surface area contributed by atoms with E-state index in [2.05, 4.69) is 10.3 Å². The van der Waals surface area contributed by atoms with Gasteiger partial charge in [-0.05, 0) is 44.7 Å². The van der Waals surface area contributed by atoms with E-state index in [1.54, 1.807) is 43.2 Å². The zero-order valence-corrected chi connectivity index (χ0v) is 25.7. The number of pyridine rings is 1. The van der Waals surface area contributed by atoms with Gasteiger partial charge < -0.3 is 39.3 Å². The highest BCUT2D eigenvalue weighted by Crippen LogP contribution is 2.26. The van der Waals surface area contributed by atoms with E-state index in [4.69, 9.17) is 14.2 Å². The summed E-state index contributed by atoms with van der Waals surface area (Å²) >= 11 is 0. The number of carbonyl (C=O) groups excluding carboxylic acids is 4. The number of methoxy groups -OCH3 is 1. The third-order valence-electron chi connectivity index (χ3n) is 7.94. The minimum atomic E-state index is -1.14. The first kappa shape index (κ1) is 33.4. The van der Waals surface area contributed by atoms with E-state index in [9.17, 15) is 29.1 Å². The molecule has 1 aromatic heterocycles. The first-order valence-corrected chi connectivity index (χ1v) is 15.3. The number of aliphatic carboxylic acids is 1. The molecule has 2 N–H and O–H groups in total. The first-order chi connectivity index (χ1) is 21.7. The van der Waals surface area contributed by atoms with Crippen molar-refractivity contribution in [3.8, 4) is 5.75 Å². The Kier molecular flexibility index (Phi) is 11.9. The number of carboxylic acid groups (broad SMARTS) is 1. The summed E-state index contributed by atoms with van der Waals surface area (Å²) in [4.78, 5) is 72.7. The summed E-state index contributed by atoms with van der Waals surface area (Å²) in [6.07, 6.45) is 1.82. The summed E-state index contributed by atoms with van der Waals surface area (Å²) in [5.41, 5.74) is 0.401. The fourth-order valence-electron chi connectivity index (χ4n) is 5.60. The molecule has 2 saturated heterocycles. The molecule has 14 nitrogen and oxygen atoms in total. The normalized spacial score (nSPS) is 17.5. The highest BCUT2D eigenvalue weighted by molar-refractivity contribution is 5.99. The lowest BCUT2D eigenvalue weighted by atomic mass is 10.0. The molecule has 2 aliphatic rings. The van der Waals surface area contributed by atoms with Gasteiger partial charge in [-0.2, -0.15) is 0 Å². The Bertz CT molecular complexity index is 1380. The summed E-state index contributed by atoms with van der Waals surface area (Å²) in [5.74, 6) is -2.17. The largest absolute Gasteiger partial charge is 0.483 e. The maximum absolute atomic E-state index is 13.5. The van der Waals surface area contributed by atoms with Crippen LogP contribution in [-0.4, -0.2) is 126 Å². The van der Waals surface area contributed by atoms with Crippen molar-refractivity contribution < 1.29 is 43.3 Å². The number of aromatic nitrogens is 1. The van der Waals surface area contributed by atoms with Crippen LogP contribution < -0.4 is 10.1 Å². The molecule has 0 aliphatic carbocycles. The van der Waals surface area contributed by atoms with Crippen LogP contribution in [0, 0.1) is 0 Å². The van der Waals surface area contributed by atoms with E-state index in [1.165, 1.54) is 15.9 Å². The lowest BCUT2D eigenvalue weighted by Crippen LogP contribution is -2.56. The number of ether oxygens (including phenoxy) is 3. The molecule has 244 valence electrons. The number of benzene rings is 1. The van der Waals surface area contributed by atoms with Crippen LogP contribution in [0.15, 0.2) is 30.3 Å². The smallest absolute Gasteiger partial charge is 0.409 e. The van der Waals surface area contributed by atoms with E-state index < -0.39 is 29.9 Å². The minimum absolute atomic E-state index is 0.0243. The van der Waals surface area contributed by atoms with Gasteiger partial charge in [0.1, 0.15) is 17.5 Å². The van der Waals surface area contributed by atoms with Crippen molar-refractivity contribution >= 4 is 40.7 Å². The quantitative estimate of drug-likeness (QED) is 0.355. The molecule has 2 atom stereocenters. The Morgan fingerprint density at radius 3 is 2.49 bits per heavy atom. The van der Waals surface area contributed by atoms with Crippen LogP contribution in [0.5, 0.6) is 5.75 Å². The zero-order valence-electron chi connectivity index (χ0n) is 25.7. The number of likely N-dealkylation sites (tertiary alicyclic amines) is 1. The van der Waals surface area contributed by atoms with Crippen molar-refractivity contribution in [2.75, 3.05) is 59.7 Å². The SMILES string of the molecule is CCOC(=O)N1CCN(C(=O)C(CCC(=O)O)NC(=O)c2cc(OCC(=O)N3CCCC[C@H]3COC)c3ccccc3n2)CC1. The van der Waals surface area contributed by atoms with Crippen LogP contribution in [0.2, 0.25) is 0 Å². The number of piperidine rings is 1. The number of hydrogen-bond acceptors (Lipinski definition) is 9. The van der Waals surface area contributed by atoms with Gasteiger partial charge in [0.05, 0.1) is 24.8 Å². The van der Waals surface area contributed by atoms with E-state index in [0.29, 0.717) is 24.1 Å². The highest BCUT2D eigenvalue weighted by atomic mass is 16.6. The fourth-order valence-corrected chi connectivity index (χ4v) is 5.60. The van der Waals surface area contributed by atoms with Gasteiger partial charge in [0, 0.05) is 57.7 Å². The molecule has 0 radical (unpaired) electrons. The average Bonchev–Trinajstić information content (AvgIpc) is 3.05. The molecule has 1 unspecified atom stereocenters. The molecule has 0 bridgehead atoms. The Morgan fingerprint density at radius 1 is 1.04 bits per heavy atom. The monoisotopic (exact) mass is 627 g/mol. The molecule has 3 heterocycles. The van der Waals surface area contributed by atoms with E-state index in [1.807, 2.05) is 0 Å². The minimum Gasteiger partial charge on any atom is -0.483 e. The maximum Gasteiger partial charge on any atom is 0.409 e. The third kappa shape index (κ3) is 8.81. The third-order valence-corrected chi connectivity index (χ3v) is 7.94. The highest BCUT2D eigenvalue weighted by Gasteiger charge is 2.32. The second kappa shape index (κ2) is 16.0. The molecule has 4 rings (SSSR count). The predicted octanol–water partition coefficient (Wildman–Crippen LogP) is 1.91. The molecular formula is C31H41N5O9. The van der Waals surface area contributed by atoms with Gasteiger partial charge in [-0.15, -0.1) is 0 Å². The molecule has 0 saturated carbocycles. The summed E-state index contributed by atoms with van der Waals surface area (Å²) < 4.78 is 16.3. The van der Waals surface area contributed by atoms with Crippen molar-refractivity contribution in [3.05, 3.63) is 36.0 Å². The van der Waals surface area contributed by atoms with E-state index in [-0.39, 0.29) is 75.6 Å². The molecular weight excluding hydrogens is 586 g/mol. The van der Waals surface area contributed by atoms with Crippen molar-refractivity contribution in [3.63, 3.8) is 0 Å². The fraction of sp³-hybridized carbons (Fsp3) is 0.548. The second-order valence-electron chi connectivity index (χ2n) is 11.0. The Hall–Kier alpha value is -4.46. The molecule has 2 aliphatic heterocycles. The number of nitrogens with zero attached hydrogens (tertiary/aromatic N) is 4. The number of para-hydroxylation sites is 1. The van der Waals surface area contributed by atoms with Crippen LogP contribution in [0.4, 0.5) is 4.79 Å². The van der Waals surface area contributed by atoms with Gasteiger partial charge in [-0.3, -0.25) is 19.2 Å². The van der Waals surface area contributed by atoms with Gasteiger partial charge in [-0.1, -0.05) is 12.1 Å². The standard InChI is InChI=1S/C31H41N5O9/c1-3-44-31(42)35-16-14-34(15-17-35)30(41)24(11-12-28(38)39)33-29(40)25-18-26(22-9-4-5-10-23(22)32-25)45-20-27(37)36-13-7-6-8-21(36)19-43-2/h4-5,9-10,18,21,24H,3,6-8,11-17,19-20H2,1-2H3,(H,33,40)(H,38,39)/t21-,24?/m0/s1. The molecule has 0 spiro atoms. The molecule has 2 aromatic rings. The second-order valence-corrected chi connectivity index (χ2v) is 11.0. The summed E-state index contributed by atoms with van der Waals surface area (Å²) in [7, 11) is 1.61. The van der Waals surface area contributed by atoms with Crippen molar-refractivity contribution in [2.45, 2.75) is 51.1 Å². The van der Waals surface area contributed by atoms with Gasteiger partial charge in [0.15, 0.2) is 6.61 Å². The Balaban J connectivity index is 1.49. The van der Waals surface area contributed by atoms with E-state index >= 15 is 0 Å². The van der Waals surface area contributed by atoms with Gasteiger partial charge in [-0.25, -0.2) is 9.78 Å². The Morgan fingerprint density at radius 2 is 1.78 bits per heavy atom. The van der Waals surface area contributed by atoms with Crippen LogP contribution in [0.1, 0.15) is 49.5 Å². The summed E-state index contributed by atoms with van der Waals surface area (Å²) in [5, 5.41) is 12.6. The van der Waals surface area contributed by atoms with Crippen LogP contribution in [-0.2, 0) is 23.9 Å². The molecule has 14 heteroatoms. The topological polar surface area (TPSA) is 168 Å². The average molecular weight is 628 g/mol. The number of amides is 4. The number of fused-ring (bicyclic) bond motifs is 1. The lowest BCUT2D eigenvalue weighted by molar-refractivity contribution is -0.139. The molecule has 2 fully saturated rings. The molecule has 1 aromatic carbocycles. The van der Waals surface area contributed by atoms with Crippen molar-refractivity contribution in [1.82, 2.24) is 25.0 Å². The number of hydrogen-bond donors (Lipinski definition) is 2. The molecule has 4 amide bonds. The number of carboxylic acids is 1. The predicted molar refractivity (Wildman–Crippen MR) is 162 cm³/mol. The van der Waals surface area contributed by atoms with Crippen molar-refractivity contribution in [2.24, 2.45) is 0 Å². The number of rotatable bonds is 12. The zero-order chi connectivity index (χ0) is 32.3. The lowest BCUT2D eigenvalue weighted by Gasteiger charge is -2.36. The van der Waals surface area contributed by atoms with E-state index in [0.717, 1.165) is 19.3 Å². The first-order valence-electron chi connectivity index (χ1n) is 15.3.